The highest BCUT2D eigenvalue weighted by Crippen LogP contribution is 2.27. The van der Waals surface area contributed by atoms with Gasteiger partial charge < -0.3 is 15.4 Å². The van der Waals surface area contributed by atoms with Crippen molar-refractivity contribution in [3.05, 3.63) is 5.82 Å². The Morgan fingerprint density at radius 1 is 1.58 bits per heavy atom. The van der Waals surface area contributed by atoms with Gasteiger partial charge in [0.05, 0.1) is 6.61 Å². The summed E-state index contributed by atoms with van der Waals surface area (Å²) in [4.78, 5) is 17.9. The Bertz CT molecular complexity index is 424. The van der Waals surface area contributed by atoms with Gasteiger partial charge in [0, 0.05) is 44.1 Å². The third-order valence-electron chi connectivity index (χ3n) is 3.30. The lowest BCUT2D eigenvalue weighted by Crippen LogP contribution is -2.42. The lowest BCUT2D eigenvalue weighted by atomic mass is 10.00. The van der Waals surface area contributed by atoms with Gasteiger partial charge in [0.25, 0.3) is 0 Å². The number of nitrogens with zero attached hydrogens (tertiary/aromatic N) is 3. The van der Waals surface area contributed by atoms with Gasteiger partial charge in [-0.1, -0.05) is 0 Å². The Labute approximate surface area is 117 Å². The minimum absolute atomic E-state index is 0.175. The minimum Gasteiger partial charge on any atom is -0.384 e. The highest BCUT2D eigenvalue weighted by atomic mass is 32.1. The van der Waals surface area contributed by atoms with E-state index >= 15 is 0 Å². The number of piperidine rings is 1. The first-order valence-electron chi connectivity index (χ1n) is 6.57. The predicted molar refractivity (Wildman–Crippen MR) is 74.3 cm³/mol. The molecule has 0 aliphatic carbocycles. The molecule has 1 aliphatic rings. The van der Waals surface area contributed by atoms with Crippen molar-refractivity contribution >= 4 is 22.6 Å². The van der Waals surface area contributed by atoms with E-state index in [4.69, 9.17) is 10.5 Å². The molecule has 0 radical (unpaired) electrons. The summed E-state index contributed by atoms with van der Waals surface area (Å²) >= 11 is 1.39. The zero-order valence-corrected chi connectivity index (χ0v) is 12.0. The molecule has 1 fully saturated rings. The average Bonchev–Trinajstić information content (AvgIpc) is 2.85. The van der Waals surface area contributed by atoms with Gasteiger partial charge in [0.2, 0.25) is 11.0 Å². The van der Waals surface area contributed by atoms with Crippen LogP contribution < -0.4 is 10.6 Å². The summed E-state index contributed by atoms with van der Waals surface area (Å²) in [5.74, 6) is 0.561. The van der Waals surface area contributed by atoms with Crippen LogP contribution in [0, 0.1) is 0 Å². The number of aromatic nitrogens is 2. The molecule has 0 saturated carbocycles. The van der Waals surface area contributed by atoms with E-state index < -0.39 is 0 Å². The number of anilines is 1. The van der Waals surface area contributed by atoms with Crippen molar-refractivity contribution in [1.82, 2.24) is 9.36 Å². The van der Waals surface area contributed by atoms with Crippen LogP contribution in [0.1, 0.15) is 31.5 Å². The molecule has 2 rings (SSSR count). The third-order valence-corrected chi connectivity index (χ3v) is 4.09. The largest absolute Gasteiger partial charge is 0.384 e. The van der Waals surface area contributed by atoms with Gasteiger partial charge in [-0.2, -0.15) is 4.37 Å². The van der Waals surface area contributed by atoms with Crippen LogP contribution in [0.25, 0.3) is 0 Å². The maximum absolute atomic E-state index is 11.1. The fourth-order valence-corrected chi connectivity index (χ4v) is 3.16. The number of rotatable bonds is 6. The molecule has 1 atom stereocenters. The van der Waals surface area contributed by atoms with Crippen LogP contribution in [-0.4, -0.2) is 41.6 Å². The standard InChI is InChI=1S/C12H20N4O2S/c1-18-7-5-11-14-12(19-15-11)16-6-3-2-4-9(16)8-10(13)17/h9H,2-8H2,1H3,(H2,13,17). The Morgan fingerprint density at radius 3 is 3.16 bits per heavy atom. The second-order valence-electron chi connectivity index (χ2n) is 4.75. The summed E-state index contributed by atoms with van der Waals surface area (Å²) in [7, 11) is 1.67. The molecule has 7 heteroatoms. The van der Waals surface area contributed by atoms with Crippen LogP contribution in [0.5, 0.6) is 0 Å². The maximum Gasteiger partial charge on any atom is 0.219 e. The minimum atomic E-state index is -0.249. The Morgan fingerprint density at radius 2 is 2.42 bits per heavy atom. The van der Waals surface area contributed by atoms with Crippen molar-refractivity contribution in [3.8, 4) is 0 Å². The number of primary amides is 1. The van der Waals surface area contributed by atoms with Crippen LogP contribution in [0.4, 0.5) is 5.13 Å². The van der Waals surface area contributed by atoms with Crippen molar-refractivity contribution in [1.29, 1.82) is 0 Å². The summed E-state index contributed by atoms with van der Waals surface area (Å²) in [6, 6.07) is 0.175. The van der Waals surface area contributed by atoms with E-state index in [0.717, 1.165) is 43.2 Å². The first kappa shape index (κ1) is 14.2. The van der Waals surface area contributed by atoms with Crippen LogP contribution in [0.3, 0.4) is 0 Å². The highest BCUT2D eigenvalue weighted by Gasteiger charge is 2.26. The number of hydrogen-bond acceptors (Lipinski definition) is 6. The monoisotopic (exact) mass is 284 g/mol. The lowest BCUT2D eigenvalue weighted by Gasteiger charge is -2.34. The SMILES string of the molecule is COCCc1nsc(N2CCCCC2CC(N)=O)n1. The van der Waals surface area contributed by atoms with Crippen molar-refractivity contribution in [2.45, 2.75) is 38.1 Å². The molecule has 1 saturated heterocycles. The van der Waals surface area contributed by atoms with E-state index in [1.54, 1.807) is 7.11 Å². The summed E-state index contributed by atoms with van der Waals surface area (Å²) in [5, 5.41) is 0.900. The van der Waals surface area contributed by atoms with Crippen LogP contribution in [0.15, 0.2) is 0 Å². The average molecular weight is 284 g/mol. The van der Waals surface area contributed by atoms with Gasteiger partial charge in [0.15, 0.2) is 0 Å². The van der Waals surface area contributed by atoms with Crippen molar-refractivity contribution in [2.75, 3.05) is 25.2 Å². The number of methoxy groups -OCH3 is 1. The fraction of sp³-hybridized carbons (Fsp3) is 0.750. The molecule has 19 heavy (non-hydrogen) atoms. The van der Waals surface area contributed by atoms with E-state index in [9.17, 15) is 4.79 Å². The predicted octanol–water partition coefficient (Wildman–Crippen LogP) is 0.961. The number of ether oxygens (including phenoxy) is 1. The van der Waals surface area contributed by atoms with E-state index in [2.05, 4.69) is 14.3 Å². The molecule has 1 aromatic rings. The molecule has 6 nitrogen and oxygen atoms in total. The second kappa shape index (κ2) is 6.81. The van der Waals surface area contributed by atoms with Crippen LogP contribution in [-0.2, 0) is 16.0 Å². The highest BCUT2D eigenvalue weighted by molar-refractivity contribution is 7.09. The zero-order chi connectivity index (χ0) is 13.7. The normalized spacial score (nSPS) is 19.6. The fourth-order valence-electron chi connectivity index (χ4n) is 2.35. The van der Waals surface area contributed by atoms with E-state index in [1.165, 1.54) is 11.5 Å². The molecule has 0 spiro atoms. The van der Waals surface area contributed by atoms with Gasteiger partial charge in [-0.15, -0.1) is 0 Å². The molecule has 1 amide bonds. The summed E-state index contributed by atoms with van der Waals surface area (Å²) < 4.78 is 9.36. The molecule has 0 aromatic carbocycles. The number of hydrogen-bond donors (Lipinski definition) is 1. The van der Waals surface area contributed by atoms with Gasteiger partial charge in [-0.05, 0) is 19.3 Å². The number of carbonyl (C=O) groups excluding carboxylic acids is 1. The van der Waals surface area contributed by atoms with Gasteiger partial charge >= 0.3 is 0 Å². The Balaban J connectivity index is 2.04. The molecule has 1 aliphatic heterocycles. The summed E-state index contributed by atoms with van der Waals surface area (Å²) in [5.41, 5.74) is 5.32. The first-order chi connectivity index (χ1) is 9.20. The Hall–Kier alpha value is -1.21. The maximum atomic E-state index is 11.1. The smallest absolute Gasteiger partial charge is 0.219 e. The Kier molecular flexibility index (Phi) is 5.09. The van der Waals surface area contributed by atoms with Crippen LogP contribution >= 0.6 is 11.5 Å². The molecule has 1 unspecified atom stereocenters. The van der Waals surface area contributed by atoms with Crippen molar-refractivity contribution < 1.29 is 9.53 Å². The molecule has 2 N–H and O–H groups in total. The third kappa shape index (κ3) is 3.87. The lowest BCUT2D eigenvalue weighted by molar-refractivity contribution is -0.118. The molecule has 1 aromatic heterocycles. The second-order valence-corrected chi connectivity index (χ2v) is 5.48. The molecular weight excluding hydrogens is 264 g/mol. The van der Waals surface area contributed by atoms with Crippen molar-refractivity contribution in [2.24, 2.45) is 5.73 Å². The van der Waals surface area contributed by atoms with E-state index in [-0.39, 0.29) is 11.9 Å². The van der Waals surface area contributed by atoms with E-state index in [0.29, 0.717) is 13.0 Å². The molecule has 0 bridgehead atoms. The van der Waals surface area contributed by atoms with Crippen molar-refractivity contribution in [3.63, 3.8) is 0 Å². The zero-order valence-electron chi connectivity index (χ0n) is 11.2. The number of nitrogens with two attached hydrogens (primary N) is 1. The summed E-state index contributed by atoms with van der Waals surface area (Å²) in [6.07, 6.45) is 4.39. The van der Waals surface area contributed by atoms with Gasteiger partial charge in [-0.3, -0.25) is 4.79 Å². The number of amides is 1. The number of carbonyl (C=O) groups is 1. The van der Waals surface area contributed by atoms with E-state index in [1.807, 2.05) is 0 Å². The van der Waals surface area contributed by atoms with Crippen LogP contribution in [0.2, 0.25) is 0 Å². The quantitative estimate of drug-likeness (QED) is 0.841. The molecule has 106 valence electrons. The van der Waals surface area contributed by atoms with Gasteiger partial charge in [0.1, 0.15) is 5.82 Å². The molecular formula is C12H20N4O2S. The summed E-state index contributed by atoms with van der Waals surface area (Å²) in [6.45, 7) is 1.55. The topological polar surface area (TPSA) is 81.3 Å². The molecule has 2 heterocycles. The first-order valence-corrected chi connectivity index (χ1v) is 7.34. The van der Waals surface area contributed by atoms with Gasteiger partial charge in [-0.25, -0.2) is 4.98 Å².